The number of anilines is 2. The Morgan fingerprint density at radius 1 is 0.821 bits per heavy atom. The molecule has 0 atom stereocenters. The number of carbonyl (C=O) groups excluding carboxylic acids is 3. The maximum atomic E-state index is 12.5. The molecule has 0 unspecified atom stereocenters. The van der Waals surface area contributed by atoms with Crippen LogP contribution in [0.4, 0.5) is 11.4 Å². The van der Waals surface area contributed by atoms with Gasteiger partial charge in [-0.15, -0.1) is 0 Å². The Morgan fingerprint density at radius 3 is 2.00 bits per heavy atom. The van der Waals surface area contributed by atoms with Gasteiger partial charge in [0.05, 0.1) is 28.9 Å². The fraction of sp³-hybridized carbons (Fsp3) is 0.0455. The van der Waals surface area contributed by atoms with Gasteiger partial charge in [-0.3, -0.25) is 14.4 Å². The number of nitrogens with zero attached hydrogens (tertiary/aromatic N) is 1. The van der Waals surface area contributed by atoms with E-state index in [0.717, 1.165) is 4.90 Å². The van der Waals surface area contributed by atoms with Crippen molar-refractivity contribution in [3.8, 4) is 5.75 Å². The van der Waals surface area contributed by atoms with Gasteiger partial charge in [0, 0.05) is 0 Å². The summed E-state index contributed by atoms with van der Waals surface area (Å²) < 4.78 is 0. The minimum atomic E-state index is -0.356. The number of benzene rings is 3. The lowest BCUT2D eigenvalue weighted by atomic mass is 10.1. The second kappa shape index (κ2) is 7.00. The molecule has 0 spiro atoms. The number of hydrogen-bond acceptors (Lipinski definition) is 4. The van der Waals surface area contributed by atoms with Gasteiger partial charge in [-0.2, -0.15) is 0 Å². The van der Waals surface area contributed by atoms with E-state index in [2.05, 4.69) is 5.32 Å². The number of phenols is 1. The van der Waals surface area contributed by atoms with Crippen molar-refractivity contribution < 1.29 is 19.5 Å². The monoisotopic (exact) mass is 372 g/mol. The third kappa shape index (κ3) is 3.12. The first kappa shape index (κ1) is 17.5. The smallest absolute Gasteiger partial charge is 0.266 e. The Balaban J connectivity index is 1.48. The van der Waals surface area contributed by atoms with Gasteiger partial charge in [0.15, 0.2) is 0 Å². The highest BCUT2D eigenvalue weighted by Crippen LogP contribution is 2.28. The number of rotatable bonds is 4. The predicted octanol–water partition coefficient (Wildman–Crippen LogP) is 3.37. The zero-order valence-corrected chi connectivity index (χ0v) is 14.8. The number of carbonyl (C=O) groups is 3. The Morgan fingerprint density at radius 2 is 1.39 bits per heavy atom. The molecule has 2 N–H and O–H groups in total. The molecule has 28 heavy (non-hydrogen) atoms. The Kier molecular flexibility index (Phi) is 4.37. The van der Waals surface area contributed by atoms with E-state index in [9.17, 15) is 19.5 Å². The molecular formula is C22H16N2O4. The van der Waals surface area contributed by atoms with E-state index < -0.39 is 0 Å². The summed E-state index contributed by atoms with van der Waals surface area (Å²) in [5.74, 6) is -0.997. The molecule has 138 valence electrons. The largest absolute Gasteiger partial charge is 0.506 e. The van der Waals surface area contributed by atoms with Crippen LogP contribution in [0.1, 0.15) is 26.3 Å². The van der Waals surface area contributed by atoms with Gasteiger partial charge >= 0.3 is 0 Å². The van der Waals surface area contributed by atoms with Crippen molar-refractivity contribution in [1.29, 1.82) is 0 Å². The third-order valence-corrected chi connectivity index (χ3v) is 4.53. The van der Waals surface area contributed by atoms with Crippen LogP contribution in [0, 0.1) is 0 Å². The van der Waals surface area contributed by atoms with Crippen molar-refractivity contribution in [3.05, 3.63) is 89.5 Å². The highest BCUT2D eigenvalue weighted by molar-refractivity contribution is 6.34. The molecule has 0 fully saturated rings. The summed E-state index contributed by atoms with van der Waals surface area (Å²) >= 11 is 0. The van der Waals surface area contributed by atoms with Crippen LogP contribution in [0.15, 0.2) is 72.8 Å². The van der Waals surface area contributed by atoms with Gasteiger partial charge in [-0.1, -0.05) is 36.4 Å². The Hall–Kier alpha value is -3.93. The molecular weight excluding hydrogens is 356 g/mol. The normalized spacial score (nSPS) is 12.8. The van der Waals surface area contributed by atoms with E-state index in [1.165, 1.54) is 6.07 Å². The molecule has 3 amide bonds. The summed E-state index contributed by atoms with van der Waals surface area (Å²) in [4.78, 5) is 38.4. The fourth-order valence-electron chi connectivity index (χ4n) is 3.15. The van der Waals surface area contributed by atoms with Crippen LogP contribution in [-0.4, -0.2) is 22.8 Å². The van der Waals surface area contributed by atoms with Crippen molar-refractivity contribution in [1.82, 2.24) is 0 Å². The number of nitrogens with one attached hydrogen (secondary N) is 1. The molecule has 0 aliphatic carbocycles. The molecule has 4 rings (SSSR count). The molecule has 0 saturated heterocycles. The number of aromatic hydroxyl groups is 1. The van der Waals surface area contributed by atoms with E-state index in [1.807, 2.05) is 0 Å². The van der Waals surface area contributed by atoms with Crippen LogP contribution in [-0.2, 0) is 11.2 Å². The summed E-state index contributed by atoms with van der Waals surface area (Å²) in [5, 5.41) is 12.4. The zero-order chi connectivity index (χ0) is 19.7. The lowest BCUT2D eigenvalue weighted by molar-refractivity contribution is -0.115. The average Bonchev–Trinajstić information content (AvgIpc) is 2.95. The van der Waals surface area contributed by atoms with Gasteiger partial charge in [0.1, 0.15) is 5.75 Å². The van der Waals surface area contributed by atoms with Crippen molar-refractivity contribution in [2.24, 2.45) is 0 Å². The number of phenolic OH excluding ortho intramolecular Hbond substituents is 1. The topological polar surface area (TPSA) is 86.7 Å². The molecule has 3 aromatic carbocycles. The van der Waals surface area contributed by atoms with Crippen LogP contribution in [0.3, 0.4) is 0 Å². The number of amides is 3. The summed E-state index contributed by atoms with van der Waals surface area (Å²) in [6.45, 7) is 0. The summed E-state index contributed by atoms with van der Waals surface area (Å²) in [5.41, 5.74) is 2.29. The lowest BCUT2D eigenvalue weighted by Gasteiger charge is -2.14. The summed E-state index contributed by atoms with van der Waals surface area (Å²) in [6, 6.07) is 19.9. The molecule has 0 bridgehead atoms. The molecule has 6 heteroatoms. The van der Waals surface area contributed by atoms with E-state index in [-0.39, 0.29) is 29.9 Å². The highest BCUT2D eigenvalue weighted by Gasteiger charge is 2.36. The maximum Gasteiger partial charge on any atom is 0.266 e. The van der Waals surface area contributed by atoms with Gasteiger partial charge in [-0.05, 0) is 42.0 Å². The van der Waals surface area contributed by atoms with Crippen LogP contribution < -0.4 is 10.2 Å². The molecule has 1 heterocycles. The van der Waals surface area contributed by atoms with Crippen LogP contribution in [0.25, 0.3) is 0 Å². The number of imide groups is 1. The second-order valence-corrected chi connectivity index (χ2v) is 6.40. The van der Waals surface area contributed by atoms with E-state index in [0.29, 0.717) is 28.1 Å². The number of hydrogen-bond donors (Lipinski definition) is 2. The van der Waals surface area contributed by atoms with Gasteiger partial charge in [-0.25, -0.2) is 4.90 Å². The minimum absolute atomic E-state index is 0.00294. The zero-order valence-electron chi connectivity index (χ0n) is 14.8. The van der Waals surface area contributed by atoms with Crippen molar-refractivity contribution >= 4 is 29.1 Å². The first-order valence-corrected chi connectivity index (χ1v) is 8.69. The van der Waals surface area contributed by atoms with E-state index in [4.69, 9.17) is 0 Å². The number of fused-ring (bicyclic) bond motifs is 1. The first-order valence-electron chi connectivity index (χ1n) is 8.69. The standard InChI is InChI=1S/C22H16N2O4/c25-19-8-4-3-7-18(19)23-20(26)13-14-9-11-15(12-10-14)24-21(27)16-5-1-2-6-17(16)22(24)28/h1-12,25H,13H2,(H,23,26). The predicted molar refractivity (Wildman–Crippen MR) is 104 cm³/mol. The molecule has 0 radical (unpaired) electrons. The lowest BCUT2D eigenvalue weighted by Crippen LogP contribution is -2.29. The van der Waals surface area contributed by atoms with E-state index in [1.54, 1.807) is 66.7 Å². The molecule has 0 aromatic heterocycles. The molecule has 0 saturated carbocycles. The van der Waals surface area contributed by atoms with Crippen LogP contribution in [0.5, 0.6) is 5.75 Å². The Bertz CT molecular complexity index is 1050. The van der Waals surface area contributed by atoms with Crippen LogP contribution in [0.2, 0.25) is 0 Å². The van der Waals surface area contributed by atoms with Crippen molar-refractivity contribution in [2.45, 2.75) is 6.42 Å². The van der Waals surface area contributed by atoms with E-state index >= 15 is 0 Å². The summed E-state index contributed by atoms with van der Waals surface area (Å²) in [7, 11) is 0. The Labute approximate surface area is 161 Å². The molecule has 1 aliphatic heterocycles. The van der Waals surface area contributed by atoms with Gasteiger partial charge < -0.3 is 10.4 Å². The quantitative estimate of drug-likeness (QED) is 0.543. The van der Waals surface area contributed by atoms with Gasteiger partial charge in [0.25, 0.3) is 11.8 Å². The van der Waals surface area contributed by atoms with Crippen molar-refractivity contribution in [3.63, 3.8) is 0 Å². The molecule has 1 aliphatic rings. The second-order valence-electron chi connectivity index (χ2n) is 6.40. The molecule has 3 aromatic rings. The highest BCUT2D eigenvalue weighted by atomic mass is 16.3. The maximum absolute atomic E-state index is 12.5. The van der Waals surface area contributed by atoms with Crippen molar-refractivity contribution in [2.75, 3.05) is 10.2 Å². The SMILES string of the molecule is O=C(Cc1ccc(N2C(=O)c3ccccc3C2=O)cc1)Nc1ccccc1O. The minimum Gasteiger partial charge on any atom is -0.506 e. The van der Waals surface area contributed by atoms with Crippen LogP contribution >= 0.6 is 0 Å². The summed E-state index contributed by atoms with van der Waals surface area (Å²) in [6.07, 6.45) is 0.0940. The third-order valence-electron chi connectivity index (χ3n) is 4.53. The van der Waals surface area contributed by atoms with Gasteiger partial charge in [0.2, 0.25) is 5.91 Å². The average molecular weight is 372 g/mol. The first-order chi connectivity index (χ1) is 13.5. The fourth-order valence-corrected chi connectivity index (χ4v) is 3.15. The molecule has 6 nitrogen and oxygen atoms in total. The number of para-hydroxylation sites is 2.